The Morgan fingerprint density at radius 3 is 2.89 bits per heavy atom. The molecule has 0 aliphatic heterocycles. The summed E-state index contributed by atoms with van der Waals surface area (Å²) in [4.78, 5) is 8.81. The summed E-state index contributed by atoms with van der Waals surface area (Å²) in [6, 6.07) is 2.12. The number of hydrogen-bond donors (Lipinski definition) is 1. The average molecular weight is 284 g/mol. The van der Waals surface area contributed by atoms with Gasteiger partial charge in [0, 0.05) is 17.8 Å². The first-order valence-corrected chi connectivity index (χ1v) is 7.51. The van der Waals surface area contributed by atoms with E-state index in [1.165, 1.54) is 12.8 Å². The second kappa shape index (κ2) is 6.94. The standard InChI is InChI=1S/C14H22ClN3O/c1-3-8-19-13-9-10(2)16-14(18-13)17-12-7-5-4-6-11(12)15/h9,11-12H,3-8H2,1-2H3,(H,16,17,18). The zero-order valence-corrected chi connectivity index (χ0v) is 12.4. The van der Waals surface area contributed by atoms with Gasteiger partial charge in [0.2, 0.25) is 11.8 Å². The highest BCUT2D eigenvalue weighted by atomic mass is 35.5. The van der Waals surface area contributed by atoms with Crippen LogP contribution in [0.1, 0.15) is 44.7 Å². The van der Waals surface area contributed by atoms with E-state index in [2.05, 4.69) is 22.2 Å². The Bertz CT molecular complexity index is 414. The minimum absolute atomic E-state index is 0.165. The van der Waals surface area contributed by atoms with Gasteiger partial charge < -0.3 is 10.1 Å². The maximum Gasteiger partial charge on any atom is 0.226 e. The molecule has 106 valence electrons. The Morgan fingerprint density at radius 1 is 1.37 bits per heavy atom. The molecule has 4 nitrogen and oxygen atoms in total. The van der Waals surface area contributed by atoms with E-state index in [1.807, 2.05) is 13.0 Å². The summed E-state index contributed by atoms with van der Waals surface area (Å²) in [5.74, 6) is 1.27. The van der Waals surface area contributed by atoms with Gasteiger partial charge in [0.05, 0.1) is 12.0 Å². The Balaban J connectivity index is 2.04. The van der Waals surface area contributed by atoms with Gasteiger partial charge in [0.15, 0.2) is 0 Å². The first-order valence-electron chi connectivity index (χ1n) is 7.08. The molecule has 1 aliphatic carbocycles. The van der Waals surface area contributed by atoms with Crippen molar-refractivity contribution >= 4 is 17.5 Å². The van der Waals surface area contributed by atoms with Crippen LogP contribution in [0.3, 0.4) is 0 Å². The van der Waals surface area contributed by atoms with E-state index in [-0.39, 0.29) is 11.4 Å². The normalized spacial score (nSPS) is 23.1. The molecule has 0 bridgehead atoms. The number of ether oxygens (including phenoxy) is 1. The molecule has 2 unspecified atom stereocenters. The SMILES string of the molecule is CCCOc1cc(C)nc(NC2CCCCC2Cl)n1. The molecule has 1 N–H and O–H groups in total. The zero-order chi connectivity index (χ0) is 13.7. The Kier molecular flexibility index (Phi) is 5.25. The molecule has 5 heteroatoms. The van der Waals surface area contributed by atoms with Gasteiger partial charge in [-0.15, -0.1) is 11.6 Å². The van der Waals surface area contributed by atoms with E-state index in [0.29, 0.717) is 18.4 Å². The van der Waals surface area contributed by atoms with Crippen molar-refractivity contribution in [2.24, 2.45) is 0 Å². The van der Waals surface area contributed by atoms with E-state index < -0.39 is 0 Å². The second-order valence-corrected chi connectivity index (χ2v) is 5.63. The molecule has 1 saturated carbocycles. The molecule has 19 heavy (non-hydrogen) atoms. The van der Waals surface area contributed by atoms with E-state index >= 15 is 0 Å². The van der Waals surface area contributed by atoms with Gasteiger partial charge in [-0.3, -0.25) is 0 Å². The monoisotopic (exact) mass is 283 g/mol. The highest BCUT2D eigenvalue weighted by Gasteiger charge is 2.23. The maximum absolute atomic E-state index is 6.35. The molecule has 0 saturated heterocycles. The molecule has 0 amide bonds. The zero-order valence-electron chi connectivity index (χ0n) is 11.7. The van der Waals surface area contributed by atoms with Gasteiger partial charge in [0.25, 0.3) is 0 Å². The lowest BCUT2D eigenvalue weighted by molar-refractivity contribution is 0.304. The highest BCUT2D eigenvalue weighted by molar-refractivity contribution is 6.21. The van der Waals surface area contributed by atoms with Crippen molar-refractivity contribution in [1.29, 1.82) is 0 Å². The largest absolute Gasteiger partial charge is 0.478 e. The second-order valence-electron chi connectivity index (χ2n) is 5.07. The Hall–Kier alpha value is -1.03. The van der Waals surface area contributed by atoms with E-state index in [4.69, 9.17) is 16.3 Å². The third-order valence-electron chi connectivity index (χ3n) is 3.28. The molecular weight excluding hydrogens is 262 g/mol. The molecule has 0 radical (unpaired) electrons. The van der Waals surface area contributed by atoms with Gasteiger partial charge in [-0.05, 0) is 26.2 Å². The third-order valence-corrected chi connectivity index (χ3v) is 3.80. The first-order chi connectivity index (χ1) is 9.19. The molecule has 2 atom stereocenters. The summed E-state index contributed by atoms with van der Waals surface area (Å²) in [6.45, 7) is 4.70. The lowest BCUT2D eigenvalue weighted by Crippen LogP contribution is -2.33. The van der Waals surface area contributed by atoms with E-state index in [0.717, 1.165) is 25.0 Å². The van der Waals surface area contributed by atoms with Gasteiger partial charge in [-0.1, -0.05) is 19.8 Å². The van der Waals surface area contributed by atoms with Crippen LogP contribution >= 0.6 is 11.6 Å². The third kappa shape index (κ3) is 4.23. The van der Waals surface area contributed by atoms with Crippen LogP contribution in [-0.4, -0.2) is 28.0 Å². The van der Waals surface area contributed by atoms with Crippen LogP contribution < -0.4 is 10.1 Å². The topological polar surface area (TPSA) is 47.0 Å². The lowest BCUT2D eigenvalue weighted by atomic mass is 9.95. The predicted molar refractivity (Wildman–Crippen MR) is 78.1 cm³/mol. The molecule has 0 aromatic carbocycles. The quantitative estimate of drug-likeness (QED) is 0.840. The fourth-order valence-electron chi connectivity index (χ4n) is 2.30. The van der Waals surface area contributed by atoms with Gasteiger partial charge in [-0.2, -0.15) is 4.98 Å². The minimum atomic E-state index is 0.165. The highest BCUT2D eigenvalue weighted by Crippen LogP contribution is 2.25. The Labute approximate surface area is 119 Å². The molecule has 1 aromatic heterocycles. The van der Waals surface area contributed by atoms with Crippen molar-refractivity contribution in [3.05, 3.63) is 11.8 Å². The van der Waals surface area contributed by atoms with Gasteiger partial charge in [0.1, 0.15) is 0 Å². The lowest BCUT2D eigenvalue weighted by Gasteiger charge is -2.27. The van der Waals surface area contributed by atoms with Crippen LogP contribution in [0.2, 0.25) is 0 Å². The van der Waals surface area contributed by atoms with Crippen molar-refractivity contribution in [3.8, 4) is 5.88 Å². The number of anilines is 1. The minimum Gasteiger partial charge on any atom is -0.478 e. The Morgan fingerprint density at radius 2 is 2.16 bits per heavy atom. The number of hydrogen-bond acceptors (Lipinski definition) is 4. The number of aryl methyl sites for hydroxylation is 1. The van der Waals surface area contributed by atoms with E-state index in [1.54, 1.807) is 0 Å². The number of rotatable bonds is 5. The van der Waals surface area contributed by atoms with E-state index in [9.17, 15) is 0 Å². The van der Waals surface area contributed by atoms with Crippen LogP contribution in [0, 0.1) is 6.92 Å². The average Bonchev–Trinajstić information content (AvgIpc) is 2.38. The molecule has 1 aliphatic rings. The van der Waals surface area contributed by atoms with Crippen molar-refractivity contribution in [2.45, 2.75) is 57.4 Å². The van der Waals surface area contributed by atoms with Crippen LogP contribution in [0.25, 0.3) is 0 Å². The number of nitrogens with one attached hydrogen (secondary N) is 1. The summed E-state index contributed by atoms with van der Waals surface area (Å²) in [5, 5.41) is 3.52. The number of aromatic nitrogens is 2. The number of alkyl halides is 1. The fourth-order valence-corrected chi connectivity index (χ4v) is 2.64. The van der Waals surface area contributed by atoms with Crippen LogP contribution in [0.15, 0.2) is 6.07 Å². The smallest absolute Gasteiger partial charge is 0.226 e. The molecule has 1 aromatic rings. The molecule has 2 rings (SSSR count). The molecule has 0 spiro atoms. The predicted octanol–water partition coefficient (Wildman–Crippen LogP) is 3.54. The van der Waals surface area contributed by atoms with Gasteiger partial charge in [-0.25, -0.2) is 4.98 Å². The summed E-state index contributed by atoms with van der Waals surface area (Å²) >= 11 is 6.35. The molecule has 1 fully saturated rings. The number of nitrogens with zero attached hydrogens (tertiary/aromatic N) is 2. The van der Waals surface area contributed by atoms with Crippen molar-refractivity contribution in [1.82, 2.24) is 9.97 Å². The molecular formula is C14H22ClN3O. The van der Waals surface area contributed by atoms with Crippen molar-refractivity contribution < 1.29 is 4.74 Å². The summed E-state index contributed by atoms with van der Waals surface area (Å²) in [6.07, 6.45) is 5.54. The summed E-state index contributed by atoms with van der Waals surface area (Å²) in [7, 11) is 0. The fraction of sp³-hybridized carbons (Fsp3) is 0.714. The van der Waals surface area contributed by atoms with Crippen LogP contribution in [-0.2, 0) is 0 Å². The number of halogens is 1. The summed E-state index contributed by atoms with van der Waals surface area (Å²) in [5.41, 5.74) is 0.908. The first kappa shape index (κ1) is 14.4. The van der Waals surface area contributed by atoms with Crippen molar-refractivity contribution in [2.75, 3.05) is 11.9 Å². The summed E-state index contributed by atoms with van der Waals surface area (Å²) < 4.78 is 5.57. The van der Waals surface area contributed by atoms with Gasteiger partial charge >= 0.3 is 0 Å². The molecule has 1 heterocycles. The van der Waals surface area contributed by atoms with Crippen molar-refractivity contribution in [3.63, 3.8) is 0 Å². The van der Waals surface area contributed by atoms with Crippen LogP contribution in [0.5, 0.6) is 5.88 Å². The maximum atomic E-state index is 6.35. The van der Waals surface area contributed by atoms with Crippen LogP contribution in [0.4, 0.5) is 5.95 Å².